The van der Waals surface area contributed by atoms with Gasteiger partial charge in [-0.1, -0.05) is 18.2 Å². The summed E-state index contributed by atoms with van der Waals surface area (Å²) in [4.78, 5) is -0.138. The van der Waals surface area contributed by atoms with Gasteiger partial charge in [0, 0.05) is 4.87 Å². The highest BCUT2D eigenvalue weighted by molar-refractivity contribution is 6.23. The Morgan fingerprint density at radius 1 is 1.29 bits per heavy atom. The average molecular weight is 213 g/mol. The van der Waals surface area contributed by atoms with Crippen molar-refractivity contribution in [3.63, 3.8) is 0 Å². The van der Waals surface area contributed by atoms with Gasteiger partial charge < -0.3 is 4.74 Å². The molecule has 1 nitrogen and oxygen atoms in total. The molecule has 0 unspecified atom stereocenters. The Morgan fingerprint density at radius 2 is 1.93 bits per heavy atom. The van der Waals surface area contributed by atoms with Crippen molar-refractivity contribution in [2.75, 3.05) is 7.11 Å². The molecular weight excluding hydrogens is 196 g/mol. The molecule has 0 bridgehead atoms. The Balaban J connectivity index is 2.67. The standard InChI is InChI=1S/C12H17ClO/c1-12(2,13)9-8-10-6-4-5-7-11(10)14-3/h4-7H,8-9H2,1-3H3. The first kappa shape index (κ1) is 11.4. The molecule has 0 aliphatic rings. The van der Waals surface area contributed by atoms with Crippen LogP contribution in [0, 0.1) is 0 Å². The first-order valence-corrected chi connectivity index (χ1v) is 5.21. The molecule has 0 spiro atoms. The number of para-hydroxylation sites is 1. The smallest absolute Gasteiger partial charge is 0.122 e. The first-order valence-electron chi connectivity index (χ1n) is 4.84. The molecule has 0 N–H and O–H groups in total. The molecule has 0 saturated carbocycles. The van der Waals surface area contributed by atoms with Gasteiger partial charge in [0.15, 0.2) is 0 Å². The van der Waals surface area contributed by atoms with Crippen LogP contribution in [0.15, 0.2) is 24.3 Å². The molecule has 1 rings (SSSR count). The molecule has 0 aromatic heterocycles. The number of rotatable bonds is 4. The predicted octanol–water partition coefficient (Wildman–Crippen LogP) is 3.65. The van der Waals surface area contributed by atoms with E-state index in [0.717, 1.165) is 18.6 Å². The minimum absolute atomic E-state index is 0.138. The maximum absolute atomic E-state index is 6.14. The molecule has 0 fully saturated rings. The molecule has 78 valence electrons. The Labute approximate surface area is 91.0 Å². The number of ether oxygens (including phenoxy) is 1. The van der Waals surface area contributed by atoms with E-state index >= 15 is 0 Å². The van der Waals surface area contributed by atoms with Gasteiger partial charge in [-0.05, 0) is 38.3 Å². The van der Waals surface area contributed by atoms with E-state index in [1.165, 1.54) is 5.56 Å². The number of halogens is 1. The zero-order valence-electron chi connectivity index (χ0n) is 9.01. The minimum Gasteiger partial charge on any atom is -0.496 e. The molecule has 0 aliphatic heterocycles. The third-order valence-electron chi connectivity index (χ3n) is 2.18. The Kier molecular flexibility index (Phi) is 3.82. The van der Waals surface area contributed by atoms with Crippen molar-refractivity contribution in [2.45, 2.75) is 31.6 Å². The molecular formula is C12H17ClO. The van der Waals surface area contributed by atoms with Crippen molar-refractivity contribution in [1.82, 2.24) is 0 Å². The number of methoxy groups -OCH3 is 1. The van der Waals surface area contributed by atoms with Crippen LogP contribution in [-0.2, 0) is 6.42 Å². The molecule has 0 atom stereocenters. The van der Waals surface area contributed by atoms with Gasteiger partial charge >= 0.3 is 0 Å². The van der Waals surface area contributed by atoms with E-state index in [1.807, 2.05) is 32.0 Å². The number of alkyl halides is 1. The number of benzene rings is 1. The summed E-state index contributed by atoms with van der Waals surface area (Å²) in [5, 5.41) is 0. The second-order valence-corrected chi connectivity index (χ2v) is 5.05. The minimum atomic E-state index is -0.138. The second kappa shape index (κ2) is 4.70. The van der Waals surface area contributed by atoms with E-state index in [2.05, 4.69) is 6.07 Å². The molecule has 2 heteroatoms. The van der Waals surface area contributed by atoms with Crippen molar-refractivity contribution in [3.8, 4) is 5.75 Å². The number of hydrogen-bond acceptors (Lipinski definition) is 1. The van der Waals surface area contributed by atoms with Gasteiger partial charge in [-0.25, -0.2) is 0 Å². The molecule has 0 aliphatic carbocycles. The zero-order valence-corrected chi connectivity index (χ0v) is 9.77. The molecule has 0 radical (unpaired) electrons. The van der Waals surface area contributed by atoms with Crippen LogP contribution in [0.2, 0.25) is 0 Å². The zero-order chi connectivity index (χ0) is 10.6. The summed E-state index contributed by atoms with van der Waals surface area (Å²) in [6.07, 6.45) is 1.91. The van der Waals surface area contributed by atoms with Crippen molar-refractivity contribution in [1.29, 1.82) is 0 Å². The summed E-state index contributed by atoms with van der Waals surface area (Å²) in [6, 6.07) is 8.07. The van der Waals surface area contributed by atoms with E-state index in [1.54, 1.807) is 7.11 Å². The highest BCUT2D eigenvalue weighted by Crippen LogP contribution is 2.24. The van der Waals surface area contributed by atoms with Crippen LogP contribution in [0.3, 0.4) is 0 Å². The van der Waals surface area contributed by atoms with E-state index in [4.69, 9.17) is 16.3 Å². The van der Waals surface area contributed by atoms with Gasteiger partial charge in [0.25, 0.3) is 0 Å². The monoisotopic (exact) mass is 212 g/mol. The van der Waals surface area contributed by atoms with E-state index < -0.39 is 0 Å². The van der Waals surface area contributed by atoms with Crippen LogP contribution in [0.5, 0.6) is 5.75 Å². The van der Waals surface area contributed by atoms with Gasteiger partial charge in [0.05, 0.1) is 7.11 Å². The fraction of sp³-hybridized carbons (Fsp3) is 0.500. The number of aryl methyl sites for hydroxylation is 1. The van der Waals surface area contributed by atoms with Crippen molar-refractivity contribution in [2.24, 2.45) is 0 Å². The summed E-state index contributed by atoms with van der Waals surface area (Å²) in [5.41, 5.74) is 1.23. The summed E-state index contributed by atoms with van der Waals surface area (Å²) in [5.74, 6) is 0.952. The van der Waals surface area contributed by atoms with Gasteiger partial charge in [-0.2, -0.15) is 0 Å². The predicted molar refractivity (Wildman–Crippen MR) is 61.2 cm³/mol. The highest BCUT2D eigenvalue weighted by atomic mass is 35.5. The van der Waals surface area contributed by atoms with Crippen LogP contribution in [-0.4, -0.2) is 12.0 Å². The fourth-order valence-electron chi connectivity index (χ4n) is 1.34. The Morgan fingerprint density at radius 3 is 2.50 bits per heavy atom. The largest absolute Gasteiger partial charge is 0.496 e. The molecule has 14 heavy (non-hydrogen) atoms. The number of hydrogen-bond donors (Lipinski definition) is 0. The molecule has 0 amide bonds. The van der Waals surface area contributed by atoms with Crippen molar-refractivity contribution in [3.05, 3.63) is 29.8 Å². The van der Waals surface area contributed by atoms with Gasteiger partial charge in [0.1, 0.15) is 5.75 Å². The highest BCUT2D eigenvalue weighted by Gasteiger charge is 2.13. The van der Waals surface area contributed by atoms with Crippen LogP contribution in [0.1, 0.15) is 25.8 Å². The quantitative estimate of drug-likeness (QED) is 0.693. The van der Waals surface area contributed by atoms with E-state index in [9.17, 15) is 0 Å². The molecule has 0 saturated heterocycles. The lowest BCUT2D eigenvalue weighted by atomic mass is 10.0. The van der Waals surface area contributed by atoms with Crippen molar-refractivity contribution < 1.29 is 4.74 Å². The topological polar surface area (TPSA) is 9.23 Å². The lowest BCUT2D eigenvalue weighted by molar-refractivity contribution is 0.408. The van der Waals surface area contributed by atoms with E-state index in [-0.39, 0.29) is 4.87 Å². The van der Waals surface area contributed by atoms with Crippen LogP contribution >= 0.6 is 11.6 Å². The molecule has 0 heterocycles. The first-order chi connectivity index (χ1) is 6.53. The van der Waals surface area contributed by atoms with Crippen LogP contribution in [0.25, 0.3) is 0 Å². The Hall–Kier alpha value is -0.690. The van der Waals surface area contributed by atoms with Crippen molar-refractivity contribution >= 4 is 11.6 Å². The summed E-state index contributed by atoms with van der Waals surface area (Å²) in [6.45, 7) is 4.06. The SMILES string of the molecule is COc1ccccc1CCC(C)(C)Cl. The maximum Gasteiger partial charge on any atom is 0.122 e. The maximum atomic E-state index is 6.14. The lowest BCUT2D eigenvalue weighted by Crippen LogP contribution is -2.11. The summed E-state index contributed by atoms with van der Waals surface area (Å²) in [7, 11) is 1.70. The fourth-order valence-corrected chi connectivity index (χ4v) is 1.44. The van der Waals surface area contributed by atoms with Gasteiger partial charge in [0.2, 0.25) is 0 Å². The summed E-state index contributed by atoms with van der Waals surface area (Å²) >= 11 is 6.14. The lowest BCUT2D eigenvalue weighted by Gasteiger charge is -2.16. The van der Waals surface area contributed by atoms with Crippen LogP contribution in [0.4, 0.5) is 0 Å². The average Bonchev–Trinajstić information content (AvgIpc) is 2.14. The molecule has 1 aromatic rings. The summed E-state index contributed by atoms with van der Waals surface area (Å²) < 4.78 is 5.27. The normalized spacial score (nSPS) is 11.4. The third-order valence-corrected chi connectivity index (χ3v) is 2.37. The molecule has 1 aromatic carbocycles. The van der Waals surface area contributed by atoms with E-state index in [0.29, 0.717) is 0 Å². The third kappa shape index (κ3) is 3.59. The Bertz CT molecular complexity index is 289. The van der Waals surface area contributed by atoms with Gasteiger partial charge in [-0.15, -0.1) is 11.6 Å². The van der Waals surface area contributed by atoms with Crippen LogP contribution < -0.4 is 4.74 Å². The van der Waals surface area contributed by atoms with Gasteiger partial charge in [-0.3, -0.25) is 0 Å². The second-order valence-electron chi connectivity index (χ2n) is 4.03.